The second-order valence-electron chi connectivity index (χ2n) is 3.67. The Morgan fingerprint density at radius 3 is 3.00 bits per heavy atom. The number of hydrogen-bond acceptors (Lipinski definition) is 3. The number of aliphatic hydroxyl groups is 1. The Morgan fingerprint density at radius 1 is 1.54 bits per heavy atom. The lowest BCUT2D eigenvalue weighted by molar-refractivity contribution is 0.00310. The van der Waals surface area contributed by atoms with Crippen molar-refractivity contribution in [3.05, 3.63) is 29.8 Å². The van der Waals surface area contributed by atoms with Crippen molar-refractivity contribution in [2.24, 2.45) is 5.73 Å². The average Bonchev–Trinajstić information content (AvgIpc) is 2.02. The van der Waals surface area contributed by atoms with E-state index in [1.54, 1.807) is 6.92 Å². The van der Waals surface area contributed by atoms with Gasteiger partial charge in [0.2, 0.25) is 0 Å². The van der Waals surface area contributed by atoms with Crippen LogP contribution in [0.1, 0.15) is 25.0 Å². The molecule has 0 radical (unpaired) electrons. The van der Waals surface area contributed by atoms with Crippen LogP contribution in [0.4, 0.5) is 0 Å². The van der Waals surface area contributed by atoms with E-state index in [1.165, 1.54) is 0 Å². The SMILES string of the molecule is C[C@]1(N)CC(O)c2ccccc2O1. The minimum Gasteiger partial charge on any atom is -0.473 e. The zero-order chi connectivity index (χ0) is 9.47. The van der Waals surface area contributed by atoms with E-state index in [0.717, 1.165) is 5.56 Å². The minimum absolute atomic E-state index is 0.435. The van der Waals surface area contributed by atoms with Gasteiger partial charge in [0.25, 0.3) is 0 Å². The van der Waals surface area contributed by atoms with Gasteiger partial charge in [0.15, 0.2) is 5.72 Å². The zero-order valence-corrected chi connectivity index (χ0v) is 7.53. The largest absolute Gasteiger partial charge is 0.473 e. The molecule has 1 aromatic carbocycles. The normalized spacial score (nSPS) is 32.1. The standard InChI is InChI=1S/C10H13NO2/c1-10(11)6-8(12)7-4-2-3-5-9(7)13-10/h2-5,8,12H,6,11H2,1H3/t8?,10-/m1/s1. The first kappa shape index (κ1) is 8.53. The minimum atomic E-state index is -0.756. The van der Waals surface area contributed by atoms with E-state index in [9.17, 15) is 5.11 Å². The van der Waals surface area contributed by atoms with Gasteiger partial charge in [-0.3, -0.25) is 5.73 Å². The van der Waals surface area contributed by atoms with E-state index in [0.29, 0.717) is 12.2 Å². The molecule has 0 fully saturated rings. The fourth-order valence-corrected chi connectivity index (χ4v) is 1.64. The summed E-state index contributed by atoms with van der Waals surface area (Å²) in [4.78, 5) is 0. The molecule has 1 aliphatic rings. The van der Waals surface area contributed by atoms with Crippen LogP contribution in [0.3, 0.4) is 0 Å². The molecule has 70 valence electrons. The smallest absolute Gasteiger partial charge is 0.158 e. The summed E-state index contributed by atoms with van der Waals surface area (Å²) in [5.74, 6) is 0.686. The fourth-order valence-electron chi connectivity index (χ4n) is 1.64. The van der Waals surface area contributed by atoms with Gasteiger partial charge in [-0.15, -0.1) is 0 Å². The molecule has 0 aromatic heterocycles. The Kier molecular flexibility index (Phi) is 1.78. The molecule has 1 aromatic rings. The molecule has 0 spiro atoms. The second kappa shape index (κ2) is 2.72. The number of rotatable bonds is 0. The molecule has 13 heavy (non-hydrogen) atoms. The number of aliphatic hydroxyl groups excluding tert-OH is 1. The maximum atomic E-state index is 9.74. The van der Waals surface area contributed by atoms with Crippen molar-refractivity contribution in [3.8, 4) is 5.75 Å². The summed E-state index contributed by atoms with van der Waals surface area (Å²) in [5.41, 5.74) is 5.87. The Hall–Kier alpha value is -1.06. The lowest BCUT2D eigenvalue weighted by Gasteiger charge is -2.34. The molecule has 3 N–H and O–H groups in total. The van der Waals surface area contributed by atoms with Gasteiger partial charge in [-0.2, -0.15) is 0 Å². The first-order valence-corrected chi connectivity index (χ1v) is 4.33. The molecule has 0 bridgehead atoms. The van der Waals surface area contributed by atoms with Crippen LogP contribution in [0, 0.1) is 0 Å². The van der Waals surface area contributed by atoms with Gasteiger partial charge in [-0.1, -0.05) is 18.2 Å². The molecule has 0 aliphatic carbocycles. The molecular weight excluding hydrogens is 166 g/mol. The number of benzene rings is 1. The van der Waals surface area contributed by atoms with Crippen LogP contribution in [0.15, 0.2) is 24.3 Å². The Morgan fingerprint density at radius 2 is 2.23 bits per heavy atom. The first-order valence-electron chi connectivity index (χ1n) is 4.33. The highest BCUT2D eigenvalue weighted by molar-refractivity contribution is 5.37. The molecule has 3 heteroatoms. The van der Waals surface area contributed by atoms with Gasteiger partial charge in [-0.25, -0.2) is 0 Å². The van der Waals surface area contributed by atoms with Crippen molar-refractivity contribution < 1.29 is 9.84 Å². The molecule has 0 saturated carbocycles. The number of ether oxygens (including phenoxy) is 1. The van der Waals surface area contributed by atoms with E-state index >= 15 is 0 Å². The Labute approximate surface area is 77.1 Å². The predicted molar refractivity (Wildman–Crippen MR) is 49.2 cm³/mol. The van der Waals surface area contributed by atoms with Crippen LogP contribution in [-0.4, -0.2) is 10.8 Å². The zero-order valence-electron chi connectivity index (χ0n) is 7.53. The third-order valence-electron chi connectivity index (χ3n) is 2.22. The predicted octanol–water partition coefficient (Wildman–Crippen LogP) is 1.18. The van der Waals surface area contributed by atoms with Crippen LogP contribution >= 0.6 is 0 Å². The molecule has 2 atom stereocenters. The highest BCUT2D eigenvalue weighted by atomic mass is 16.5. The highest BCUT2D eigenvalue weighted by Gasteiger charge is 2.32. The van der Waals surface area contributed by atoms with E-state index in [1.807, 2.05) is 24.3 Å². The molecule has 2 rings (SSSR count). The quantitative estimate of drug-likeness (QED) is 0.628. The summed E-state index contributed by atoms with van der Waals surface area (Å²) in [6, 6.07) is 7.43. The Balaban J connectivity index is 2.43. The molecule has 0 saturated heterocycles. The molecule has 1 unspecified atom stereocenters. The van der Waals surface area contributed by atoms with Gasteiger partial charge in [0.1, 0.15) is 5.75 Å². The van der Waals surface area contributed by atoms with E-state index in [2.05, 4.69) is 0 Å². The van der Waals surface area contributed by atoms with Crippen molar-refractivity contribution >= 4 is 0 Å². The summed E-state index contributed by atoms with van der Waals surface area (Å²) in [7, 11) is 0. The van der Waals surface area contributed by atoms with Crippen LogP contribution in [0.25, 0.3) is 0 Å². The average molecular weight is 179 g/mol. The number of para-hydroxylation sites is 1. The third kappa shape index (κ3) is 1.53. The summed E-state index contributed by atoms with van der Waals surface area (Å²) in [6.45, 7) is 1.77. The lowest BCUT2D eigenvalue weighted by Crippen LogP contribution is -2.46. The Bertz CT molecular complexity index is 322. The summed E-state index contributed by atoms with van der Waals surface area (Å²) >= 11 is 0. The van der Waals surface area contributed by atoms with Crippen molar-refractivity contribution in [1.82, 2.24) is 0 Å². The molecular formula is C10H13NO2. The third-order valence-corrected chi connectivity index (χ3v) is 2.22. The van der Waals surface area contributed by atoms with E-state index < -0.39 is 11.8 Å². The van der Waals surface area contributed by atoms with Crippen molar-refractivity contribution in [2.75, 3.05) is 0 Å². The van der Waals surface area contributed by atoms with Crippen LogP contribution < -0.4 is 10.5 Å². The van der Waals surface area contributed by atoms with Gasteiger partial charge in [0.05, 0.1) is 6.10 Å². The molecule has 3 nitrogen and oxygen atoms in total. The van der Waals surface area contributed by atoms with Crippen molar-refractivity contribution in [2.45, 2.75) is 25.2 Å². The van der Waals surface area contributed by atoms with Crippen LogP contribution in [0.5, 0.6) is 5.75 Å². The van der Waals surface area contributed by atoms with Gasteiger partial charge in [-0.05, 0) is 13.0 Å². The monoisotopic (exact) mass is 179 g/mol. The summed E-state index contributed by atoms with van der Waals surface area (Å²) in [6.07, 6.45) is -0.0794. The van der Waals surface area contributed by atoms with E-state index in [-0.39, 0.29) is 0 Å². The lowest BCUT2D eigenvalue weighted by atomic mass is 9.97. The van der Waals surface area contributed by atoms with Crippen LogP contribution in [-0.2, 0) is 0 Å². The number of nitrogens with two attached hydrogens (primary N) is 1. The van der Waals surface area contributed by atoms with Gasteiger partial charge >= 0.3 is 0 Å². The maximum Gasteiger partial charge on any atom is 0.158 e. The van der Waals surface area contributed by atoms with Gasteiger partial charge < -0.3 is 9.84 Å². The highest BCUT2D eigenvalue weighted by Crippen LogP contribution is 2.36. The van der Waals surface area contributed by atoms with Crippen molar-refractivity contribution in [3.63, 3.8) is 0 Å². The van der Waals surface area contributed by atoms with E-state index in [4.69, 9.17) is 10.5 Å². The maximum absolute atomic E-state index is 9.74. The topological polar surface area (TPSA) is 55.5 Å². The van der Waals surface area contributed by atoms with Crippen molar-refractivity contribution in [1.29, 1.82) is 0 Å². The number of fused-ring (bicyclic) bond motifs is 1. The van der Waals surface area contributed by atoms with Crippen LogP contribution in [0.2, 0.25) is 0 Å². The first-order chi connectivity index (χ1) is 6.08. The second-order valence-corrected chi connectivity index (χ2v) is 3.67. The molecule has 1 aliphatic heterocycles. The molecule has 1 heterocycles. The molecule has 0 amide bonds. The van der Waals surface area contributed by atoms with Gasteiger partial charge in [0, 0.05) is 12.0 Å². The summed E-state index contributed by atoms with van der Waals surface area (Å²) in [5, 5.41) is 9.74. The number of hydrogen-bond donors (Lipinski definition) is 2. The summed E-state index contributed by atoms with van der Waals surface area (Å²) < 4.78 is 5.51. The fraction of sp³-hybridized carbons (Fsp3) is 0.400.